The molecule has 0 aromatic rings. The minimum atomic E-state index is -0.620. The van der Waals surface area contributed by atoms with Crippen LogP contribution in [0, 0.1) is 5.92 Å². The number of nitrogens with zero attached hydrogens (tertiary/aromatic N) is 1. The van der Waals surface area contributed by atoms with E-state index in [1.165, 1.54) is 12.8 Å². The van der Waals surface area contributed by atoms with Crippen LogP contribution in [0.2, 0.25) is 0 Å². The van der Waals surface area contributed by atoms with Gasteiger partial charge in [0.25, 0.3) is 0 Å². The Labute approximate surface area is 115 Å². The summed E-state index contributed by atoms with van der Waals surface area (Å²) in [5.74, 6) is -0.0876. The SMILES string of the molecule is CC(C)C(C)(NCCN1CC2CCC(C1)O2)C(N)=O. The van der Waals surface area contributed by atoms with Gasteiger partial charge in [-0.05, 0) is 25.7 Å². The fraction of sp³-hybridized carbons (Fsp3) is 0.929. The highest BCUT2D eigenvalue weighted by molar-refractivity contribution is 5.84. The van der Waals surface area contributed by atoms with Crippen molar-refractivity contribution in [1.29, 1.82) is 0 Å². The van der Waals surface area contributed by atoms with Gasteiger partial charge in [0.2, 0.25) is 5.91 Å². The Morgan fingerprint density at radius 1 is 1.42 bits per heavy atom. The summed E-state index contributed by atoms with van der Waals surface area (Å²) in [4.78, 5) is 14.0. The number of hydrogen-bond donors (Lipinski definition) is 2. The van der Waals surface area contributed by atoms with Crippen LogP contribution < -0.4 is 11.1 Å². The van der Waals surface area contributed by atoms with Crippen molar-refractivity contribution in [2.45, 2.75) is 51.4 Å². The number of primary amides is 1. The summed E-state index contributed by atoms with van der Waals surface area (Å²) in [6, 6.07) is 0. The van der Waals surface area contributed by atoms with Crippen LogP contribution in [-0.4, -0.2) is 54.7 Å². The van der Waals surface area contributed by atoms with Gasteiger partial charge in [-0.3, -0.25) is 9.69 Å². The lowest BCUT2D eigenvalue weighted by Crippen LogP contribution is -2.58. The molecule has 5 heteroatoms. The standard InChI is InChI=1S/C14H27N3O2/c1-10(2)14(3,13(15)18)16-6-7-17-8-11-4-5-12(9-17)19-11/h10-12,16H,4-9H2,1-3H3,(H2,15,18). The molecule has 2 saturated heterocycles. The van der Waals surface area contributed by atoms with Crippen molar-refractivity contribution in [3.8, 4) is 0 Å². The van der Waals surface area contributed by atoms with Gasteiger partial charge in [0.1, 0.15) is 0 Å². The van der Waals surface area contributed by atoms with Crippen molar-refractivity contribution in [3.63, 3.8) is 0 Å². The Morgan fingerprint density at radius 2 is 2.00 bits per heavy atom. The van der Waals surface area contributed by atoms with E-state index in [-0.39, 0.29) is 11.8 Å². The van der Waals surface area contributed by atoms with E-state index in [9.17, 15) is 4.79 Å². The summed E-state index contributed by atoms with van der Waals surface area (Å²) < 4.78 is 5.81. The molecule has 0 radical (unpaired) electrons. The lowest BCUT2D eigenvalue weighted by Gasteiger charge is -2.35. The molecule has 110 valence electrons. The minimum Gasteiger partial charge on any atom is -0.372 e. The Balaban J connectivity index is 1.78. The van der Waals surface area contributed by atoms with E-state index in [1.807, 2.05) is 20.8 Å². The predicted molar refractivity (Wildman–Crippen MR) is 74.8 cm³/mol. The number of ether oxygens (including phenoxy) is 1. The van der Waals surface area contributed by atoms with Crippen molar-refractivity contribution < 1.29 is 9.53 Å². The van der Waals surface area contributed by atoms with Crippen LogP contribution in [0.15, 0.2) is 0 Å². The first-order valence-corrected chi connectivity index (χ1v) is 7.34. The third kappa shape index (κ3) is 3.27. The predicted octanol–water partition coefficient (Wildman–Crippen LogP) is 0.339. The zero-order valence-electron chi connectivity index (χ0n) is 12.3. The van der Waals surface area contributed by atoms with Crippen molar-refractivity contribution in [3.05, 3.63) is 0 Å². The van der Waals surface area contributed by atoms with E-state index in [2.05, 4.69) is 10.2 Å². The molecule has 1 amide bonds. The first-order valence-electron chi connectivity index (χ1n) is 7.34. The number of hydrogen-bond acceptors (Lipinski definition) is 4. The molecule has 0 saturated carbocycles. The van der Waals surface area contributed by atoms with E-state index in [0.29, 0.717) is 12.2 Å². The van der Waals surface area contributed by atoms with E-state index >= 15 is 0 Å². The highest BCUT2D eigenvalue weighted by atomic mass is 16.5. The average Bonchev–Trinajstić information content (AvgIpc) is 2.68. The molecule has 2 fully saturated rings. The third-order valence-electron chi connectivity index (χ3n) is 4.71. The first-order chi connectivity index (χ1) is 8.91. The van der Waals surface area contributed by atoms with Gasteiger partial charge in [-0.25, -0.2) is 0 Å². The molecular formula is C14H27N3O2. The van der Waals surface area contributed by atoms with Gasteiger partial charge in [-0.15, -0.1) is 0 Å². The number of nitrogens with two attached hydrogens (primary N) is 1. The normalized spacial score (nSPS) is 30.5. The number of carbonyl (C=O) groups is 1. The number of fused-ring (bicyclic) bond motifs is 2. The Kier molecular flexibility index (Phi) is 4.48. The number of likely N-dealkylation sites (tertiary alicyclic amines) is 1. The van der Waals surface area contributed by atoms with Crippen LogP contribution in [-0.2, 0) is 9.53 Å². The molecule has 3 N–H and O–H groups in total. The number of amides is 1. The molecule has 3 atom stereocenters. The molecule has 2 aliphatic rings. The molecule has 2 aliphatic heterocycles. The maximum atomic E-state index is 11.6. The molecule has 2 rings (SSSR count). The summed E-state index contributed by atoms with van der Waals surface area (Å²) in [6.45, 7) is 9.71. The van der Waals surface area contributed by atoms with Crippen molar-refractivity contribution >= 4 is 5.91 Å². The molecular weight excluding hydrogens is 242 g/mol. The highest BCUT2D eigenvalue weighted by Gasteiger charge is 2.36. The Morgan fingerprint density at radius 3 is 2.47 bits per heavy atom. The number of rotatable bonds is 6. The summed E-state index contributed by atoms with van der Waals surface area (Å²) in [6.07, 6.45) is 3.23. The summed E-state index contributed by atoms with van der Waals surface area (Å²) in [5.41, 5.74) is 4.89. The number of morpholine rings is 1. The topological polar surface area (TPSA) is 67.6 Å². The lowest BCUT2D eigenvalue weighted by molar-refractivity contribution is -0.125. The second-order valence-corrected chi connectivity index (χ2v) is 6.37. The Bertz CT molecular complexity index is 323. The van der Waals surface area contributed by atoms with E-state index in [0.717, 1.165) is 26.2 Å². The van der Waals surface area contributed by atoms with Crippen LogP contribution in [0.1, 0.15) is 33.6 Å². The summed E-state index contributed by atoms with van der Waals surface area (Å²) in [7, 11) is 0. The molecule has 0 spiro atoms. The quantitative estimate of drug-likeness (QED) is 0.729. The van der Waals surface area contributed by atoms with Crippen molar-refractivity contribution in [2.75, 3.05) is 26.2 Å². The van der Waals surface area contributed by atoms with Crippen molar-refractivity contribution in [1.82, 2.24) is 10.2 Å². The fourth-order valence-electron chi connectivity index (χ4n) is 2.93. The third-order valence-corrected chi connectivity index (χ3v) is 4.71. The van der Waals surface area contributed by atoms with Crippen LogP contribution in [0.5, 0.6) is 0 Å². The largest absolute Gasteiger partial charge is 0.372 e. The monoisotopic (exact) mass is 269 g/mol. The zero-order valence-corrected chi connectivity index (χ0v) is 12.3. The van der Waals surface area contributed by atoms with Crippen LogP contribution >= 0.6 is 0 Å². The first kappa shape index (κ1) is 14.8. The van der Waals surface area contributed by atoms with Gasteiger partial charge >= 0.3 is 0 Å². The molecule has 0 aromatic carbocycles. The summed E-state index contributed by atoms with van der Waals surface area (Å²) in [5, 5.41) is 3.34. The summed E-state index contributed by atoms with van der Waals surface area (Å²) >= 11 is 0. The van der Waals surface area contributed by atoms with Gasteiger partial charge in [-0.1, -0.05) is 13.8 Å². The van der Waals surface area contributed by atoms with Crippen LogP contribution in [0.3, 0.4) is 0 Å². The second-order valence-electron chi connectivity index (χ2n) is 6.37. The van der Waals surface area contributed by atoms with Gasteiger partial charge in [-0.2, -0.15) is 0 Å². The molecule has 19 heavy (non-hydrogen) atoms. The van der Waals surface area contributed by atoms with Crippen LogP contribution in [0.25, 0.3) is 0 Å². The molecule has 0 aliphatic carbocycles. The van der Waals surface area contributed by atoms with Gasteiger partial charge in [0.05, 0.1) is 17.7 Å². The second kappa shape index (κ2) is 5.77. The van der Waals surface area contributed by atoms with Crippen LogP contribution in [0.4, 0.5) is 0 Å². The molecule has 2 heterocycles. The Hall–Kier alpha value is -0.650. The van der Waals surface area contributed by atoms with E-state index in [1.54, 1.807) is 0 Å². The smallest absolute Gasteiger partial charge is 0.237 e. The van der Waals surface area contributed by atoms with Gasteiger partial charge < -0.3 is 15.8 Å². The average molecular weight is 269 g/mol. The number of carbonyl (C=O) groups excluding carboxylic acids is 1. The van der Waals surface area contributed by atoms with Gasteiger partial charge in [0, 0.05) is 26.2 Å². The fourth-order valence-corrected chi connectivity index (χ4v) is 2.93. The van der Waals surface area contributed by atoms with E-state index in [4.69, 9.17) is 10.5 Å². The zero-order chi connectivity index (χ0) is 14.0. The minimum absolute atomic E-state index is 0.186. The lowest BCUT2D eigenvalue weighted by atomic mass is 9.87. The highest BCUT2D eigenvalue weighted by Crippen LogP contribution is 2.25. The molecule has 5 nitrogen and oxygen atoms in total. The van der Waals surface area contributed by atoms with Gasteiger partial charge in [0.15, 0.2) is 0 Å². The molecule has 2 bridgehead atoms. The van der Waals surface area contributed by atoms with E-state index < -0.39 is 5.54 Å². The van der Waals surface area contributed by atoms with Crippen molar-refractivity contribution in [2.24, 2.45) is 11.7 Å². The molecule has 0 aromatic heterocycles. The maximum absolute atomic E-state index is 11.6. The maximum Gasteiger partial charge on any atom is 0.237 e. The molecule has 3 unspecified atom stereocenters. The number of nitrogens with one attached hydrogen (secondary N) is 1.